The van der Waals surface area contributed by atoms with Crippen molar-refractivity contribution in [1.29, 1.82) is 0 Å². The summed E-state index contributed by atoms with van der Waals surface area (Å²) in [5, 5.41) is 0. The van der Waals surface area contributed by atoms with Gasteiger partial charge in [-0.05, 0) is 20.5 Å². The van der Waals surface area contributed by atoms with Gasteiger partial charge in [-0.1, -0.05) is 33.1 Å². The number of rotatable bonds is 3. The zero-order valence-corrected chi connectivity index (χ0v) is 15.6. The summed E-state index contributed by atoms with van der Waals surface area (Å²) in [5.74, 6) is 0. The van der Waals surface area contributed by atoms with Gasteiger partial charge in [0.2, 0.25) is 0 Å². The van der Waals surface area contributed by atoms with E-state index in [1.807, 2.05) is 0 Å². The van der Waals surface area contributed by atoms with Crippen molar-refractivity contribution in [3.8, 4) is 0 Å². The van der Waals surface area contributed by atoms with Gasteiger partial charge < -0.3 is 29.7 Å². The van der Waals surface area contributed by atoms with E-state index in [1.54, 1.807) is 0 Å². The molecule has 1 aliphatic rings. The smallest absolute Gasteiger partial charge is 1.00 e. The van der Waals surface area contributed by atoms with Crippen LogP contribution in [-0.4, -0.2) is 25.0 Å². The minimum Gasteiger partial charge on any atom is -1.00 e. The molecule has 0 aromatic heterocycles. The first-order valence-corrected chi connectivity index (χ1v) is 5.81. The largest absolute Gasteiger partial charge is 4.00 e. The van der Waals surface area contributed by atoms with E-state index in [0.29, 0.717) is 6.04 Å². The fourth-order valence-corrected chi connectivity index (χ4v) is 2.87. The van der Waals surface area contributed by atoms with Gasteiger partial charge in [0.15, 0.2) is 0 Å². The Balaban J connectivity index is -0.000000750. The number of nitrogens with zero attached hydrogens (tertiary/aromatic N) is 1. The van der Waals surface area contributed by atoms with Gasteiger partial charge in [-0.15, -0.1) is 6.92 Å². The van der Waals surface area contributed by atoms with Crippen molar-refractivity contribution in [2.24, 2.45) is 5.41 Å². The molecule has 18 heavy (non-hydrogen) atoms. The maximum absolute atomic E-state index is 3.66. The predicted molar refractivity (Wildman–Crippen MR) is 66.7 cm³/mol. The molecule has 0 spiro atoms. The third-order valence-corrected chi connectivity index (χ3v) is 4.03. The van der Waals surface area contributed by atoms with Crippen LogP contribution in [0.3, 0.4) is 0 Å². The molecule has 102 valence electrons. The first kappa shape index (κ1) is 23.8. The van der Waals surface area contributed by atoms with Crippen LogP contribution in [0.5, 0.6) is 0 Å². The predicted octanol–water partition coefficient (Wildman–Crippen LogP) is -2.56. The van der Waals surface area contributed by atoms with Crippen molar-refractivity contribution < 1.29 is 46.5 Å². The van der Waals surface area contributed by atoms with Crippen LogP contribution < -0.4 is 24.8 Å². The van der Waals surface area contributed by atoms with Crippen LogP contribution in [0.15, 0.2) is 16.7 Å². The van der Waals surface area contributed by atoms with Crippen molar-refractivity contribution in [2.45, 2.75) is 47.1 Å². The molecule has 2 unspecified atom stereocenters. The van der Waals surface area contributed by atoms with E-state index >= 15 is 0 Å². The van der Waals surface area contributed by atoms with Crippen LogP contribution in [-0.2, 0) is 21.7 Å². The SMILES string of the molecule is CCC(N(C)C)C1(C)[C-]=C(C)C(C)=C1C.[Cl-].[Cl-].[Ti+4]. The summed E-state index contributed by atoms with van der Waals surface area (Å²) in [6.45, 7) is 11.2. The molecular formula is C14H24Cl2NTi+. The molecule has 0 fully saturated rings. The van der Waals surface area contributed by atoms with Gasteiger partial charge in [0, 0.05) is 6.04 Å². The average Bonchev–Trinajstić information content (AvgIpc) is 2.31. The van der Waals surface area contributed by atoms with Crippen molar-refractivity contribution in [3.05, 3.63) is 22.8 Å². The first-order chi connectivity index (χ1) is 6.84. The molecule has 0 bridgehead atoms. The minimum absolute atomic E-state index is 0. The molecule has 0 aromatic rings. The van der Waals surface area contributed by atoms with Gasteiger partial charge >= 0.3 is 21.7 Å². The van der Waals surface area contributed by atoms with E-state index in [-0.39, 0.29) is 51.9 Å². The molecule has 0 heterocycles. The van der Waals surface area contributed by atoms with E-state index in [0.717, 1.165) is 6.42 Å². The molecule has 0 aliphatic heterocycles. The van der Waals surface area contributed by atoms with Crippen LogP contribution in [0.1, 0.15) is 41.0 Å². The van der Waals surface area contributed by atoms with Gasteiger partial charge in [-0.25, -0.2) is 5.57 Å². The van der Waals surface area contributed by atoms with Gasteiger partial charge in [-0.2, -0.15) is 11.1 Å². The minimum atomic E-state index is 0. The molecular weight excluding hydrogens is 301 g/mol. The van der Waals surface area contributed by atoms with Crippen LogP contribution in [0.4, 0.5) is 0 Å². The molecule has 0 aromatic carbocycles. The van der Waals surface area contributed by atoms with E-state index in [2.05, 4.69) is 59.7 Å². The summed E-state index contributed by atoms with van der Waals surface area (Å²) in [7, 11) is 4.33. The van der Waals surface area contributed by atoms with Crippen molar-refractivity contribution in [2.75, 3.05) is 14.1 Å². The van der Waals surface area contributed by atoms with Crippen LogP contribution in [0.2, 0.25) is 0 Å². The molecule has 0 saturated heterocycles. The molecule has 1 aliphatic carbocycles. The van der Waals surface area contributed by atoms with E-state index in [4.69, 9.17) is 0 Å². The van der Waals surface area contributed by atoms with E-state index in [9.17, 15) is 0 Å². The molecule has 0 N–H and O–H groups in total. The zero-order valence-electron chi connectivity index (χ0n) is 12.5. The summed E-state index contributed by atoms with van der Waals surface area (Å²) in [4.78, 5) is 2.32. The second-order valence-corrected chi connectivity index (χ2v) is 5.09. The maximum Gasteiger partial charge on any atom is 4.00 e. The van der Waals surface area contributed by atoms with Gasteiger partial charge in [0.1, 0.15) is 0 Å². The Kier molecular flexibility index (Phi) is 11.7. The molecule has 0 radical (unpaired) electrons. The normalized spacial score (nSPS) is 23.9. The number of allylic oxidation sites excluding steroid dienone is 2. The quantitative estimate of drug-likeness (QED) is 0.408. The number of halogens is 2. The molecule has 0 saturated carbocycles. The Bertz CT molecular complexity index is 324. The van der Waals surface area contributed by atoms with E-state index < -0.39 is 0 Å². The zero-order chi connectivity index (χ0) is 11.8. The van der Waals surface area contributed by atoms with Crippen LogP contribution >= 0.6 is 0 Å². The van der Waals surface area contributed by atoms with E-state index in [1.165, 1.54) is 16.7 Å². The topological polar surface area (TPSA) is 3.24 Å². The Hall–Kier alpha value is 0.734. The Labute approximate surface area is 140 Å². The second kappa shape index (κ2) is 8.82. The third-order valence-electron chi connectivity index (χ3n) is 4.03. The summed E-state index contributed by atoms with van der Waals surface area (Å²) < 4.78 is 0. The Morgan fingerprint density at radius 2 is 1.61 bits per heavy atom. The molecule has 4 heteroatoms. The average molecular weight is 325 g/mol. The molecule has 0 amide bonds. The molecule has 2 atom stereocenters. The van der Waals surface area contributed by atoms with Crippen LogP contribution in [0, 0.1) is 11.5 Å². The second-order valence-electron chi connectivity index (χ2n) is 5.09. The molecule has 1 rings (SSSR count). The van der Waals surface area contributed by atoms with Gasteiger partial charge in [0.05, 0.1) is 0 Å². The van der Waals surface area contributed by atoms with Crippen molar-refractivity contribution >= 4 is 0 Å². The summed E-state index contributed by atoms with van der Waals surface area (Å²) in [6, 6.07) is 0.546. The third kappa shape index (κ3) is 4.11. The van der Waals surface area contributed by atoms with Crippen molar-refractivity contribution in [1.82, 2.24) is 4.90 Å². The fraction of sp³-hybridized carbons (Fsp3) is 0.714. The fourth-order valence-electron chi connectivity index (χ4n) is 2.87. The maximum atomic E-state index is 3.66. The van der Waals surface area contributed by atoms with Crippen molar-refractivity contribution in [3.63, 3.8) is 0 Å². The number of hydrogen-bond donors (Lipinski definition) is 0. The Morgan fingerprint density at radius 3 is 1.83 bits per heavy atom. The molecule has 1 nitrogen and oxygen atoms in total. The summed E-state index contributed by atoms with van der Waals surface area (Å²) in [6.07, 6.45) is 4.82. The summed E-state index contributed by atoms with van der Waals surface area (Å²) >= 11 is 0. The standard InChI is InChI=1S/C14H24N.2ClH.Ti/c1-8-13(15(6)7)14(5)9-10(2)11(3)12(14)4;;;/h13H,8H2,1-7H3;2*1H;/q-1;;;+4/p-2. The summed E-state index contributed by atoms with van der Waals surface area (Å²) in [5.41, 5.74) is 4.35. The van der Waals surface area contributed by atoms with Gasteiger partial charge in [-0.3, -0.25) is 6.08 Å². The van der Waals surface area contributed by atoms with Crippen LogP contribution in [0.25, 0.3) is 0 Å². The Morgan fingerprint density at radius 1 is 1.17 bits per heavy atom. The van der Waals surface area contributed by atoms with Gasteiger partial charge in [0.25, 0.3) is 0 Å². The first-order valence-electron chi connectivity index (χ1n) is 5.81. The monoisotopic (exact) mass is 324 g/mol. The number of hydrogen-bond acceptors (Lipinski definition) is 1.